The minimum Gasteiger partial charge on any atom is -0.457 e. The van der Waals surface area contributed by atoms with E-state index >= 15 is 0 Å². The molecular formula is C21H22F3N2O3S+. The first-order valence-electron chi connectivity index (χ1n) is 9.27. The van der Waals surface area contributed by atoms with Crippen LogP contribution in [0.5, 0.6) is 11.5 Å². The standard InChI is InChI=1S/C21H22F3N2O3S/c1-2-30(27,28)26(14-6-5-7-17(26)15-25)16-10-12-18(13-11-16)29-20-9-4-3-8-19(20)21(22,23)24/h3-13H,2,14-15,25H2,1H3/q+1. The molecule has 0 bridgehead atoms. The molecule has 0 saturated heterocycles. The first-order chi connectivity index (χ1) is 14.2. The molecule has 0 spiro atoms. The smallest absolute Gasteiger partial charge is 0.419 e. The van der Waals surface area contributed by atoms with Crippen molar-refractivity contribution >= 4 is 15.7 Å². The molecule has 0 saturated carbocycles. The lowest BCUT2D eigenvalue weighted by molar-refractivity contribution is -0.138. The van der Waals surface area contributed by atoms with Gasteiger partial charge < -0.3 is 10.5 Å². The van der Waals surface area contributed by atoms with Gasteiger partial charge in [-0.05, 0) is 43.3 Å². The van der Waals surface area contributed by atoms with Crippen molar-refractivity contribution in [1.82, 2.24) is 3.89 Å². The highest BCUT2D eigenvalue weighted by Crippen LogP contribution is 2.40. The highest BCUT2D eigenvalue weighted by atomic mass is 32.2. The van der Waals surface area contributed by atoms with Crippen LogP contribution in [0.2, 0.25) is 0 Å². The third-order valence-electron chi connectivity index (χ3n) is 4.97. The molecular weight excluding hydrogens is 417 g/mol. The molecule has 0 aromatic heterocycles. The van der Waals surface area contributed by atoms with Crippen LogP contribution in [-0.4, -0.2) is 27.3 Å². The minimum absolute atomic E-state index is 0.0424. The van der Waals surface area contributed by atoms with E-state index in [0.717, 1.165) is 6.07 Å². The predicted molar refractivity (Wildman–Crippen MR) is 110 cm³/mol. The van der Waals surface area contributed by atoms with Gasteiger partial charge in [0.1, 0.15) is 23.7 Å². The topological polar surface area (TPSA) is 69.4 Å². The molecule has 0 radical (unpaired) electrons. The molecule has 1 atom stereocenters. The van der Waals surface area contributed by atoms with Crippen molar-refractivity contribution in [3.63, 3.8) is 0 Å². The van der Waals surface area contributed by atoms with Gasteiger partial charge >= 0.3 is 16.2 Å². The molecule has 2 N–H and O–H groups in total. The Kier molecular flexibility index (Phi) is 6.07. The molecule has 9 heteroatoms. The van der Waals surface area contributed by atoms with Gasteiger partial charge in [-0.15, -0.1) is 0 Å². The van der Waals surface area contributed by atoms with E-state index in [1.54, 1.807) is 37.3 Å². The van der Waals surface area contributed by atoms with Gasteiger partial charge in [0.15, 0.2) is 5.69 Å². The Morgan fingerprint density at radius 1 is 1.10 bits per heavy atom. The Morgan fingerprint density at radius 3 is 2.37 bits per heavy atom. The zero-order valence-corrected chi connectivity index (χ0v) is 17.1. The summed E-state index contributed by atoms with van der Waals surface area (Å²) in [6.45, 7) is 1.78. The average Bonchev–Trinajstić information content (AvgIpc) is 2.73. The van der Waals surface area contributed by atoms with E-state index in [4.69, 9.17) is 10.5 Å². The van der Waals surface area contributed by atoms with Crippen LogP contribution in [0, 0.1) is 0 Å². The van der Waals surface area contributed by atoms with Gasteiger partial charge in [0.25, 0.3) is 0 Å². The summed E-state index contributed by atoms with van der Waals surface area (Å²) in [5.74, 6) is -0.269. The van der Waals surface area contributed by atoms with Crippen LogP contribution in [0.3, 0.4) is 0 Å². The first kappa shape index (κ1) is 22.1. The van der Waals surface area contributed by atoms with Crippen LogP contribution in [0.15, 0.2) is 72.5 Å². The molecule has 0 aliphatic carbocycles. The summed E-state index contributed by atoms with van der Waals surface area (Å²) < 4.78 is 70.7. The number of allylic oxidation sites excluding steroid dienone is 2. The lowest BCUT2D eigenvalue weighted by Crippen LogP contribution is -2.56. The van der Waals surface area contributed by atoms with Crippen molar-refractivity contribution in [3.8, 4) is 11.5 Å². The molecule has 5 nitrogen and oxygen atoms in total. The SMILES string of the molecule is CCS(=O)(=O)[N+]1(c2ccc(Oc3ccccc3C(F)(F)F)cc2)CC=CC=C1CN. The van der Waals surface area contributed by atoms with E-state index in [9.17, 15) is 21.6 Å². The molecule has 2 aromatic carbocycles. The van der Waals surface area contributed by atoms with Crippen LogP contribution >= 0.6 is 0 Å². The quantitative estimate of drug-likeness (QED) is 0.670. The molecule has 1 unspecified atom stereocenters. The van der Waals surface area contributed by atoms with Crippen molar-refractivity contribution in [2.45, 2.75) is 13.1 Å². The molecule has 0 fully saturated rings. The van der Waals surface area contributed by atoms with Crippen molar-refractivity contribution < 1.29 is 26.3 Å². The molecule has 2 aromatic rings. The summed E-state index contributed by atoms with van der Waals surface area (Å²) in [5.41, 5.74) is 5.90. The van der Waals surface area contributed by atoms with Crippen LogP contribution in [0.1, 0.15) is 12.5 Å². The second-order valence-corrected chi connectivity index (χ2v) is 9.04. The summed E-state index contributed by atoms with van der Waals surface area (Å²) in [6, 6.07) is 10.9. The van der Waals surface area contributed by atoms with E-state index in [-0.39, 0.29) is 30.3 Å². The number of para-hydroxylation sites is 1. The number of hydrogen-bond acceptors (Lipinski definition) is 4. The number of hydrogen-bond donors (Lipinski definition) is 1. The number of benzene rings is 2. The second kappa shape index (κ2) is 8.25. The number of quaternary nitrogens is 1. The largest absolute Gasteiger partial charge is 0.457 e. The predicted octanol–water partition coefficient (Wildman–Crippen LogP) is 4.57. The van der Waals surface area contributed by atoms with Gasteiger partial charge in [-0.2, -0.15) is 25.5 Å². The van der Waals surface area contributed by atoms with Crippen molar-refractivity contribution in [2.75, 3.05) is 18.8 Å². The van der Waals surface area contributed by atoms with E-state index < -0.39 is 25.7 Å². The first-order valence-corrected chi connectivity index (χ1v) is 10.9. The van der Waals surface area contributed by atoms with Crippen LogP contribution < -0.4 is 14.4 Å². The zero-order chi connectivity index (χ0) is 22.0. The Labute approximate surface area is 173 Å². The fraction of sp³-hybridized carbons (Fsp3) is 0.238. The third-order valence-corrected chi connectivity index (χ3v) is 7.25. The maximum absolute atomic E-state index is 13.2. The second-order valence-electron chi connectivity index (χ2n) is 6.67. The van der Waals surface area contributed by atoms with E-state index in [1.807, 2.05) is 0 Å². The van der Waals surface area contributed by atoms with Gasteiger partial charge in [0.05, 0.1) is 17.9 Å². The van der Waals surface area contributed by atoms with Crippen LogP contribution in [0.4, 0.5) is 18.9 Å². The Bertz CT molecular complexity index is 1080. The Hall–Kier alpha value is -2.62. The van der Waals surface area contributed by atoms with Gasteiger partial charge in [-0.3, -0.25) is 0 Å². The van der Waals surface area contributed by atoms with E-state index in [2.05, 4.69) is 0 Å². The molecule has 1 heterocycles. The van der Waals surface area contributed by atoms with Gasteiger partial charge in [0, 0.05) is 12.1 Å². The fourth-order valence-corrected chi connectivity index (χ4v) is 5.15. The normalized spacial score (nSPS) is 19.4. The lowest BCUT2D eigenvalue weighted by Gasteiger charge is -2.37. The minimum atomic E-state index is -4.55. The number of nitrogens with two attached hydrogens (primary N) is 1. The Balaban J connectivity index is 2.01. The molecule has 160 valence electrons. The maximum atomic E-state index is 13.2. The Morgan fingerprint density at radius 2 is 1.77 bits per heavy atom. The lowest BCUT2D eigenvalue weighted by atomic mass is 10.2. The third kappa shape index (κ3) is 3.88. The highest BCUT2D eigenvalue weighted by Gasteiger charge is 2.46. The molecule has 1 aliphatic rings. The van der Waals surface area contributed by atoms with Gasteiger partial charge in [-0.25, -0.2) is 0 Å². The number of rotatable bonds is 6. The highest BCUT2D eigenvalue weighted by molar-refractivity contribution is 7.91. The molecule has 3 rings (SSSR count). The van der Waals surface area contributed by atoms with Crippen LogP contribution in [0.25, 0.3) is 0 Å². The molecule has 0 amide bonds. The van der Waals surface area contributed by atoms with Crippen molar-refractivity contribution in [2.24, 2.45) is 5.73 Å². The average molecular weight is 439 g/mol. The monoisotopic (exact) mass is 439 g/mol. The number of halogens is 3. The summed E-state index contributed by atoms with van der Waals surface area (Å²) in [6.07, 6.45) is 0.633. The summed E-state index contributed by atoms with van der Waals surface area (Å²) >= 11 is 0. The van der Waals surface area contributed by atoms with Gasteiger partial charge in [-0.1, -0.05) is 18.2 Å². The summed E-state index contributed by atoms with van der Waals surface area (Å²) in [5, 5.41) is 0. The fourth-order valence-electron chi connectivity index (χ4n) is 3.46. The molecule has 30 heavy (non-hydrogen) atoms. The van der Waals surface area contributed by atoms with Crippen molar-refractivity contribution in [3.05, 3.63) is 78.0 Å². The molecule has 1 aliphatic heterocycles. The number of sulfonamides is 1. The van der Waals surface area contributed by atoms with Crippen LogP contribution in [-0.2, 0) is 16.2 Å². The number of nitrogens with zero attached hydrogens (tertiary/aromatic N) is 1. The number of alkyl halides is 3. The summed E-state index contributed by atoms with van der Waals surface area (Å²) in [4.78, 5) is 0. The number of ether oxygens (including phenoxy) is 1. The summed E-state index contributed by atoms with van der Waals surface area (Å²) in [7, 11) is -3.65. The zero-order valence-electron chi connectivity index (χ0n) is 16.3. The van der Waals surface area contributed by atoms with Gasteiger partial charge in [0.2, 0.25) is 0 Å². The van der Waals surface area contributed by atoms with E-state index in [0.29, 0.717) is 11.4 Å². The van der Waals surface area contributed by atoms with E-state index in [1.165, 1.54) is 30.3 Å². The maximum Gasteiger partial charge on any atom is 0.419 e. The van der Waals surface area contributed by atoms with Crippen molar-refractivity contribution in [1.29, 1.82) is 0 Å².